The van der Waals surface area contributed by atoms with Crippen molar-refractivity contribution in [2.45, 2.75) is 65.2 Å². The first kappa shape index (κ1) is 14.5. The third-order valence-corrected chi connectivity index (χ3v) is 3.97. The standard InChI is InChI=1S/C15H28N2/c1-15(2,10-6-11-16)13-17-12-9-14-7-4-3-5-8-14/h14,17H,3-10,12-13H2,1-2H3. The highest BCUT2D eigenvalue weighted by Crippen LogP contribution is 2.26. The van der Waals surface area contributed by atoms with Gasteiger partial charge in [0.25, 0.3) is 0 Å². The lowest BCUT2D eigenvalue weighted by atomic mass is 9.86. The van der Waals surface area contributed by atoms with Crippen LogP contribution < -0.4 is 5.32 Å². The van der Waals surface area contributed by atoms with Crippen LogP contribution in [0.4, 0.5) is 0 Å². The number of nitrogens with one attached hydrogen (secondary N) is 1. The zero-order chi connectivity index (χ0) is 12.6. The molecular formula is C15H28N2. The Morgan fingerprint density at radius 2 is 1.94 bits per heavy atom. The molecule has 1 saturated carbocycles. The third-order valence-electron chi connectivity index (χ3n) is 3.97. The summed E-state index contributed by atoms with van der Waals surface area (Å²) in [5, 5.41) is 12.2. The number of hydrogen-bond donors (Lipinski definition) is 1. The zero-order valence-corrected chi connectivity index (χ0v) is 11.6. The van der Waals surface area contributed by atoms with Gasteiger partial charge < -0.3 is 5.32 Å². The average Bonchev–Trinajstić information content (AvgIpc) is 2.34. The molecule has 1 aliphatic rings. The molecule has 0 aromatic heterocycles. The monoisotopic (exact) mass is 236 g/mol. The van der Waals surface area contributed by atoms with E-state index < -0.39 is 0 Å². The molecule has 1 fully saturated rings. The molecule has 0 atom stereocenters. The summed E-state index contributed by atoms with van der Waals surface area (Å²) < 4.78 is 0. The van der Waals surface area contributed by atoms with E-state index in [9.17, 15) is 0 Å². The molecule has 0 spiro atoms. The number of hydrogen-bond acceptors (Lipinski definition) is 2. The molecule has 0 heterocycles. The summed E-state index contributed by atoms with van der Waals surface area (Å²) in [6.45, 7) is 6.69. The van der Waals surface area contributed by atoms with Crippen LogP contribution in [0.1, 0.15) is 65.2 Å². The minimum atomic E-state index is 0.266. The lowest BCUT2D eigenvalue weighted by molar-refractivity contribution is 0.296. The summed E-state index contributed by atoms with van der Waals surface area (Å²) in [5.41, 5.74) is 0.266. The van der Waals surface area contributed by atoms with Crippen molar-refractivity contribution >= 4 is 0 Å². The fraction of sp³-hybridized carbons (Fsp3) is 0.933. The van der Waals surface area contributed by atoms with E-state index in [2.05, 4.69) is 25.2 Å². The first-order valence-corrected chi connectivity index (χ1v) is 7.22. The van der Waals surface area contributed by atoms with E-state index in [1.165, 1.54) is 38.5 Å². The fourth-order valence-corrected chi connectivity index (χ4v) is 2.69. The van der Waals surface area contributed by atoms with E-state index in [4.69, 9.17) is 5.26 Å². The summed E-state index contributed by atoms with van der Waals surface area (Å²) in [4.78, 5) is 0. The Balaban J connectivity index is 2.04. The van der Waals surface area contributed by atoms with Gasteiger partial charge in [0.05, 0.1) is 6.07 Å². The number of nitriles is 1. The van der Waals surface area contributed by atoms with Gasteiger partial charge in [-0.1, -0.05) is 46.0 Å². The Morgan fingerprint density at radius 1 is 1.24 bits per heavy atom. The van der Waals surface area contributed by atoms with E-state index in [-0.39, 0.29) is 5.41 Å². The highest BCUT2D eigenvalue weighted by molar-refractivity contribution is 4.79. The maximum Gasteiger partial charge on any atom is 0.0621 e. The SMILES string of the molecule is CC(C)(CCC#N)CNCCC1CCCCC1. The molecule has 0 aliphatic heterocycles. The second-order valence-corrected chi connectivity index (χ2v) is 6.29. The highest BCUT2D eigenvalue weighted by Gasteiger charge is 2.17. The maximum absolute atomic E-state index is 8.60. The molecule has 0 amide bonds. The molecule has 0 radical (unpaired) electrons. The van der Waals surface area contributed by atoms with Crippen molar-refractivity contribution in [3.05, 3.63) is 0 Å². The van der Waals surface area contributed by atoms with Gasteiger partial charge in [-0.2, -0.15) is 5.26 Å². The average molecular weight is 236 g/mol. The van der Waals surface area contributed by atoms with E-state index in [0.717, 1.165) is 25.4 Å². The van der Waals surface area contributed by atoms with Gasteiger partial charge >= 0.3 is 0 Å². The smallest absolute Gasteiger partial charge is 0.0621 e. The van der Waals surface area contributed by atoms with Crippen LogP contribution in [-0.2, 0) is 0 Å². The number of rotatable bonds is 7. The summed E-state index contributed by atoms with van der Waals surface area (Å²) in [6.07, 6.45) is 10.2. The quantitative estimate of drug-likeness (QED) is 0.681. The van der Waals surface area contributed by atoms with Gasteiger partial charge in [-0.05, 0) is 30.7 Å². The van der Waals surface area contributed by atoms with Crippen molar-refractivity contribution in [3.8, 4) is 6.07 Å². The van der Waals surface area contributed by atoms with Crippen LogP contribution in [0.2, 0.25) is 0 Å². The van der Waals surface area contributed by atoms with Crippen molar-refractivity contribution in [1.29, 1.82) is 5.26 Å². The summed E-state index contributed by atoms with van der Waals surface area (Å²) in [5.74, 6) is 0.971. The van der Waals surface area contributed by atoms with Crippen LogP contribution in [0, 0.1) is 22.7 Å². The molecule has 2 nitrogen and oxygen atoms in total. The Kier molecular flexibility index (Phi) is 6.58. The largest absolute Gasteiger partial charge is 0.316 e. The van der Waals surface area contributed by atoms with Gasteiger partial charge in [0.2, 0.25) is 0 Å². The highest BCUT2D eigenvalue weighted by atomic mass is 14.9. The van der Waals surface area contributed by atoms with Crippen LogP contribution in [0.5, 0.6) is 0 Å². The van der Waals surface area contributed by atoms with Crippen LogP contribution in [0.3, 0.4) is 0 Å². The van der Waals surface area contributed by atoms with Crippen LogP contribution in [-0.4, -0.2) is 13.1 Å². The molecule has 1 N–H and O–H groups in total. The molecule has 0 bridgehead atoms. The Labute approximate surface area is 107 Å². The second kappa shape index (κ2) is 7.71. The van der Waals surface area contributed by atoms with Crippen molar-refractivity contribution < 1.29 is 0 Å². The lowest BCUT2D eigenvalue weighted by Crippen LogP contribution is -2.31. The van der Waals surface area contributed by atoms with Crippen LogP contribution in [0.25, 0.3) is 0 Å². The molecule has 17 heavy (non-hydrogen) atoms. The van der Waals surface area contributed by atoms with Crippen molar-refractivity contribution in [1.82, 2.24) is 5.32 Å². The predicted octanol–water partition coefficient (Wildman–Crippen LogP) is 3.88. The van der Waals surface area contributed by atoms with Gasteiger partial charge in [-0.25, -0.2) is 0 Å². The van der Waals surface area contributed by atoms with Crippen LogP contribution >= 0.6 is 0 Å². The molecule has 1 rings (SSSR count). The molecule has 2 heteroatoms. The molecule has 0 unspecified atom stereocenters. The maximum atomic E-state index is 8.60. The van der Waals surface area contributed by atoms with Crippen LogP contribution in [0.15, 0.2) is 0 Å². The van der Waals surface area contributed by atoms with E-state index in [1.807, 2.05) is 0 Å². The van der Waals surface area contributed by atoms with Gasteiger partial charge in [0.1, 0.15) is 0 Å². The van der Waals surface area contributed by atoms with E-state index >= 15 is 0 Å². The van der Waals surface area contributed by atoms with Gasteiger partial charge in [0.15, 0.2) is 0 Å². The predicted molar refractivity (Wildman–Crippen MR) is 72.7 cm³/mol. The first-order valence-electron chi connectivity index (χ1n) is 7.22. The van der Waals surface area contributed by atoms with Crippen molar-refractivity contribution in [2.24, 2.45) is 11.3 Å². The minimum Gasteiger partial charge on any atom is -0.316 e. The topological polar surface area (TPSA) is 35.8 Å². The summed E-state index contributed by atoms with van der Waals surface area (Å²) >= 11 is 0. The molecule has 0 aromatic carbocycles. The molecule has 1 aliphatic carbocycles. The Morgan fingerprint density at radius 3 is 2.59 bits per heavy atom. The van der Waals surface area contributed by atoms with Crippen molar-refractivity contribution in [3.63, 3.8) is 0 Å². The lowest BCUT2D eigenvalue weighted by Gasteiger charge is -2.25. The minimum absolute atomic E-state index is 0.266. The van der Waals surface area contributed by atoms with Gasteiger partial charge in [-0.3, -0.25) is 0 Å². The summed E-state index contributed by atoms with van der Waals surface area (Å²) in [7, 11) is 0. The molecular weight excluding hydrogens is 208 g/mol. The molecule has 0 aromatic rings. The zero-order valence-electron chi connectivity index (χ0n) is 11.6. The van der Waals surface area contributed by atoms with E-state index in [0.29, 0.717) is 6.42 Å². The Bertz CT molecular complexity index is 234. The van der Waals surface area contributed by atoms with E-state index in [1.54, 1.807) is 0 Å². The number of nitrogens with zero attached hydrogens (tertiary/aromatic N) is 1. The fourth-order valence-electron chi connectivity index (χ4n) is 2.69. The molecule has 98 valence electrons. The first-order chi connectivity index (χ1) is 8.14. The normalized spacial score (nSPS) is 17.9. The Hall–Kier alpha value is -0.550. The second-order valence-electron chi connectivity index (χ2n) is 6.29. The van der Waals surface area contributed by atoms with Gasteiger partial charge in [0, 0.05) is 13.0 Å². The third kappa shape index (κ3) is 6.68. The van der Waals surface area contributed by atoms with Crippen molar-refractivity contribution in [2.75, 3.05) is 13.1 Å². The summed E-state index contributed by atoms with van der Waals surface area (Å²) in [6, 6.07) is 2.24. The van der Waals surface area contributed by atoms with Gasteiger partial charge in [-0.15, -0.1) is 0 Å². The molecule has 0 saturated heterocycles.